The monoisotopic (exact) mass is 265 g/mol. The number of nitrogens with zero attached hydrogens (tertiary/aromatic N) is 1. The Kier molecular flexibility index (Phi) is 4.50. The van der Waals surface area contributed by atoms with Gasteiger partial charge >= 0.3 is 0 Å². The molecular formula is C14H20FN3O. The van der Waals surface area contributed by atoms with Crippen LogP contribution >= 0.6 is 0 Å². The first-order valence-corrected chi connectivity index (χ1v) is 6.59. The van der Waals surface area contributed by atoms with E-state index in [1.54, 1.807) is 12.1 Å². The highest BCUT2D eigenvalue weighted by molar-refractivity contribution is 5.76. The van der Waals surface area contributed by atoms with E-state index in [1.165, 1.54) is 12.1 Å². The lowest BCUT2D eigenvalue weighted by Crippen LogP contribution is -2.41. The summed E-state index contributed by atoms with van der Waals surface area (Å²) >= 11 is 0. The fraction of sp³-hybridized carbons (Fsp3) is 0.500. The second-order valence-corrected chi connectivity index (χ2v) is 5.14. The summed E-state index contributed by atoms with van der Waals surface area (Å²) < 4.78 is 12.8. The number of carbonyl (C=O) groups excluding carboxylic acids is 1. The Bertz CT molecular complexity index is 427. The van der Waals surface area contributed by atoms with Gasteiger partial charge in [0.05, 0.1) is 0 Å². The highest BCUT2D eigenvalue weighted by Crippen LogP contribution is 2.19. The van der Waals surface area contributed by atoms with Crippen molar-refractivity contribution < 1.29 is 9.18 Å². The summed E-state index contributed by atoms with van der Waals surface area (Å²) in [6, 6.07) is 6.15. The normalized spacial score (nSPS) is 19.3. The predicted octanol–water partition coefficient (Wildman–Crippen LogP) is 1.02. The van der Waals surface area contributed by atoms with Crippen molar-refractivity contribution in [2.45, 2.75) is 18.9 Å². The SMILES string of the molecule is NC(=O)C1CCN(CC(N)c2ccc(F)cc2)CC1. The van der Waals surface area contributed by atoms with Crippen LogP contribution in [0.2, 0.25) is 0 Å². The molecule has 0 radical (unpaired) electrons. The molecule has 4 nitrogen and oxygen atoms in total. The van der Waals surface area contributed by atoms with Gasteiger partial charge in [-0.05, 0) is 43.6 Å². The lowest BCUT2D eigenvalue weighted by atomic mass is 9.95. The van der Waals surface area contributed by atoms with E-state index in [0.717, 1.165) is 38.0 Å². The molecule has 1 amide bonds. The van der Waals surface area contributed by atoms with Gasteiger partial charge in [-0.2, -0.15) is 0 Å². The summed E-state index contributed by atoms with van der Waals surface area (Å²) in [5, 5.41) is 0. The van der Waals surface area contributed by atoms with E-state index in [4.69, 9.17) is 11.5 Å². The van der Waals surface area contributed by atoms with Crippen molar-refractivity contribution in [3.63, 3.8) is 0 Å². The minimum Gasteiger partial charge on any atom is -0.369 e. The highest BCUT2D eigenvalue weighted by Gasteiger charge is 2.24. The van der Waals surface area contributed by atoms with Gasteiger partial charge in [0, 0.05) is 18.5 Å². The van der Waals surface area contributed by atoms with E-state index in [0.29, 0.717) is 0 Å². The first-order valence-electron chi connectivity index (χ1n) is 6.59. The molecule has 1 aliphatic rings. The molecule has 1 saturated heterocycles. The number of halogens is 1. The van der Waals surface area contributed by atoms with Gasteiger partial charge in [-0.1, -0.05) is 12.1 Å². The maximum absolute atomic E-state index is 12.8. The smallest absolute Gasteiger partial charge is 0.220 e. The summed E-state index contributed by atoms with van der Waals surface area (Å²) in [7, 11) is 0. The summed E-state index contributed by atoms with van der Waals surface area (Å²) in [6.45, 7) is 2.39. The van der Waals surface area contributed by atoms with Gasteiger partial charge in [0.2, 0.25) is 5.91 Å². The van der Waals surface area contributed by atoms with Crippen molar-refractivity contribution >= 4 is 5.91 Å². The highest BCUT2D eigenvalue weighted by atomic mass is 19.1. The zero-order valence-corrected chi connectivity index (χ0v) is 10.9. The number of amides is 1. The van der Waals surface area contributed by atoms with Crippen LogP contribution in [0.4, 0.5) is 4.39 Å². The Hall–Kier alpha value is -1.46. The van der Waals surface area contributed by atoms with Crippen molar-refractivity contribution in [3.05, 3.63) is 35.6 Å². The van der Waals surface area contributed by atoms with Crippen LogP contribution in [-0.4, -0.2) is 30.4 Å². The van der Waals surface area contributed by atoms with Crippen molar-refractivity contribution in [1.29, 1.82) is 0 Å². The summed E-state index contributed by atoms with van der Waals surface area (Å²) in [5.41, 5.74) is 12.3. The van der Waals surface area contributed by atoms with E-state index in [-0.39, 0.29) is 23.7 Å². The molecule has 1 aromatic rings. The lowest BCUT2D eigenvalue weighted by molar-refractivity contribution is -0.123. The fourth-order valence-corrected chi connectivity index (χ4v) is 2.49. The molecule has 1 aromatic carbocycles. The number of benzene rings is 1. The Morgan fingerprint density at radius 3 is 2.42 bits per heavy atom. The number of rotatable bonds is 4. The number of likely N-dealkylation sites (tertiary alicyclic amines) is 1. The zero-order valence-electron chi connectivity index (χ0n) is 10.9. The third-order valence-corrected chi connectivity index (χ3v) is 3.74. The molecule has 0 bridgehead atoms. The number of hydrogen-bond acceptors (Lipinski definition) is 3. The number of hydrogen-bond donors (Lipinski definition) is 2. The molecule has 0 saturated carbocycles. The summed E-state index contributed by atoms with van der Waals surface area (Å²) in [6.07, 6.45) is 1.59. The second kappa shape index (κ2) is 6.12. The minimum atomic E-state index is -0.252. The zero-order chi connectivity index (χ0) is 13.8. The first-order chi connectivity index (χ1) is 9.06. The van der Waals surface area contributed by atoms with Crippen LogP contribution in [0.5, 0.6) is 0 Å². The van der Waals surface area contributed by atoms with Gasteiger partial charge in [-0.15, -0.1) is 0 Å². The van der Waals surface area contributed by atoms with Crippen molar-refractivity contribution in [2.75, 3.05) is 19.6 Å². The predicted molar refractivity (Wildman–Crippen MR) is 71.7 cm³/mol. The minimum absolute atomic E-state index is 0.00158. The van der Waals surface area contributed by atoms with E-state index in [9.17, 15) is 9.18 Å². The molecule has 1 fully saturated rings. The molecular weight excluding hydrogens is 245 g/mol. The van der Waals surface area contributed by atoms with Crippen molar-refractivity contribution in [1.82, 2.24) is 4.90 Å². The largest absolute Gasteiger partial charge is 0.369 e. The summed E-state index contributed by atoms with van der Waals surface area (Å²) in [5.74, 6) is -0.459. The third kappa shape index (κ3) is 3.75. The molecule has 19 heavy (non-hydrogen) atoms. The molecule has 0 spiro atoms. The van der Waals surface area contributed by atoms with Gasteiger partial charge in [-0.25, -0.2) is 4.39 Å². The number of nitrogens with two attached hydrogens (primary N) is 2. The van der Waals surface area contributed by atoms with Gasteiger partial charge in [0.25, 0.3) is 0 Å². The fourth-order valence-electron chi connectivity index (χ4n) is 2.49. The van der Waals surface area contributed by atoms with Crippen LogP contribution in [0, 0.1) is 11.7 Å². The van der Waals surface area contributed by atoms with Gasteiger partial charge < -0.3 is 16.4 Å². The van der Waals surface area contributed by atoms with Gasteiger partial charge in [-0.3, -0.25) is 4.79 Å². The average molecular weight is 265 g/mol. The standard InChI is InChI=1S/C14H20FN3O/c15-12-3-1-10(2-4-12)13(16)9-18-7-5-11(6-8-18)14(17)19/h1-4,11,13H,5-9,16H2,(H2,17,19). The lowest BCUT2D eigenvalue weighted by Gasteiger charge is -2.32. The molecule has 1 unspecified atom stereocenters. The van der Waals surface area contributed by atoms with E-state index in [1.807, 2.05) is 0 Å². The third-order valence-electron chi connectivity index (χ3n) is 3.74. The van der Waals surface area contributed by atoms with E-state index < -0.39 is 0 Å². The first kappa shape index (κ1) is 14.0. The van der Waals surface area contributed by atoms with E-state index >= 15 is 0 Å². The second-order valence-electron chi connectivity index (χ2n) is 5.14. The molecule has 1 heterocycles. The van der Waals surface area contributed by atoms with Crippen LogP contribution in [0.25, 0.3) is 0 Å². The number of piperidine rings is 1. The van der Waals surface area contributed by atoms with Crippen LogP contribution in [0.1, 0.15) is 24.4 Å². The molecule has 104 valence electrons. The molecule has 0 aliphatic carbocycles. The Labute approximate surface area is 112 Å². The molecule has 0 aromatic heterocycles. The summed E-state index contributed by atoms with van der Waals surface area (Å²) in [4.78, 5) is 13.3. The van der Waals surface area contributed by atoms with Crippen LogP contribution in [-0.2, 0) is 4.79 Å². The molecule has 1 aliphatic heterocycles. The Balaban J connectivity index is 1.85. The number of primary amides is 1. The maximum Gasteiger partial charge on any atom is 0.220 e. The average Bonchev–Trinajstić information content (AvgIpc) is 2.40. The quantitative estimate of drug-likeness (QED) is 0.854. The molecule has 1 atom stereocenters. The topological polar surface area (TPSA) is 72.4 Å². The Morgan fingerprint density at radius 2 is 1.89 bits per heavy atom. The van der Waals surface area contributed by atoms with Gasteiger partial charge in [0.15, 0.2) is 0 Å². The maximum atomic E-state index is 12.8. The van der Waals surface area contributed by atoms with Crippen molar-refractivity contribution in [2.24, 2.45) is 17.4 Å². The van der Waals surface area contributed by atoms with Gasteiger partial charge in [0.1, 0.15) is 5.82 Å². The van der Waals surface area contributed by atoms with Crippen LogP contribution < -0.4 is 11.5 Å². The molecule has 5 heteroatoms. The number of carbonyl (C=O) groups is 1. The van der Waals surface area contributed by atoms with Crippen molar-refractivity contribution in [3.8, 4) is 0 Å². The van der Waals surface area contributed by atoms with Crippen LogP contribution in [0.15, 0.2) is 24.3 Å². The molecule has 2 rings (SSSR count). The molecule has 4 N–H and O–H groups in total. The van der Waals surface area contributed by atoms with Crippen LogP contribution in [0.3, 0.4) is 0 Å². The van der Waals surface area contributed by atoms with E-state index in [2.05, 4.69) is 4.90 Å². The Morgan fingerprint density at radius 1 is 1.32 bits per heavy atom.